The van der Waals surface area contributed by atoms with Gasteiger partial charge in [-0.2, -0.15) is 5.10 Å². The molecule has 4 N–H and O–H groups in total. The average molecular weight is 1060 g/mol. The van der Waals surface area contributed by atoms with Crippen LogP contribution >= 0.6 is 11.6 Å². The minimum Gasteiger partial charge on any atom is -0.488 e. The molecule has 0 unspecified atom stereocenters. The van der Waals surface area contributed by atoms with Crippen LogP contribution in [0.4, 0.5) is 19.4 Å². The number of nitrogens with zero attached hydrogens (tertiary/aromatic N) is 5. The molecule has 5 aliphatic rings. The highest BCUT2D eigenvalue weighted by atomic mass is 35.5. The number of likely N-dealkylation sites (tertiary alicyclic amines) is 2. The number of primary amides is 1. The maximum atomic E-state index is 16.6. The lowest BCUT2D eigenvalue weighted by Gasteiger charge is -2.42. The number of ether oxygens (including phenoxy) is 3. The number of fused-ring (bicyclic) bond motifs is 2. The molecule has 3 saturated heterocycles. The van der Waals surface area contributed by atoms with E-state index in [9.17, 15) is 19.2 Å². The number of halogens is 3. The Morgan fingerprint density at radius 2 is 1.71 bits per heavy atom. The fourth-order valence-electron chi connectivity index (χ4n) is 12.5. The van der Waals surface area contributed by atoms with Crippen molar-refractivity contribution in [2.24, 2.45) is 30.5 Å². The van der Waals surface area contributed by atoms with E-state index in [1.54, 1.807) is 4.90 Å². The molecule has 4 aliphatic heterocycles. The van der Waals surface area contributed by atoms with Crippen molar-refractivity contribution in [2.75, 3.05) is 64.5 Å². The third-order valence-corrected chi connectivity index (χ3v) is 17.2. The third kappa shape index (κ3) is 10.2. The van der Waals surface area contributed by atoms with Gasteiger partial charge in [-0.05, 0) is 123 Å². The van der Waals surface area contributed by atoms with Crippen LogP contribution < -0.4 is 30.7 Å². The Morgan fingerprint density at radius 1 is 0.947 bits per heavy atom. The predicted octanol–water partition coefficient (Wildman–Crippen LogP) is 9.16. The summed E-state index contributed by atoms with van der Waals surface area (Å²) < 4.78 is 51.8. The van der Waals surface area contributed by atoms with Crippen LogP contribution in [0.25, 0.3) is 22.0 Å². The van der Waals surface area contributed by atoms with Crippen molar-refractivity contribution in [3.05, 3.63) is 118 Å². The first-order valence-corrected chi connectivity index (χ1v) is 27.1. The van der Waals surface area contributed by atoms with Crippen molar-refractivity contribution in [3.63, 3.8) is 0 Å². The molecule has 1 aliphatic carbocycles. The van der Waals surface area contributed by atoms with E-state index in [0.29, 0.717) is 35.7 Å². The standard InChI is InChI=1S/C58H67ClF2N8O7/c1-34-32-68(26-20-39(34)33-67-24-18-36(19-25-67)38-12-15-42-45(30-38)66(3)65-55(42)69-27-21-48(70)64-57(69)73)56(72)37-10-13-41(14-11-37)63-23-22-58(40-8-6-5-7-9-40)35(2)49-47(76-58)31-44(60)52(59)51(49)50-43(54(62)71)16-17-46(53(50)61)75-29-28-74-4/h5-9,12,15-17,22-23,30-31,34-37,39,41,63H,10-11,13-14,18-21,24-29,32-33H2,1-4H3,(H2,62,71)(H,64,70,73)/b23-22-/t34-,35+,37?,39-,41?,58+/m1/s1. The number of urea groups is 1. The molecule has 18 heteroatoms. The van der Waals surface area contributed by atoms with Gasteiger partial charge in [0, 0.05) is 92.8 Å². The predicted molar refractivity (Wildman–Crippen MR) is 286 cm³/mol. The molecule has 1 aromatic heterocycles. The number of aryl methyl sites for hydroxylation is 1. The highest BCUT2D eigenvalue weighted by Gasteiger charge is 2.49. The highest BCUT2D eigenvalue weighted by Crippen LogP contribution is 2.57. The Hall–Kier alpha value is -6.56. The molecule has 4 fully saturated rings. The SMILES string of the molecule is COCCOc1ccc(C(N)=O)c(-c2c(Cl)c(F)cc3c2[C@H](C)[C@@](/C=C\NC2CCC(C(=O)N4CC[C@H](CN5CCC(c6ccc7c(N8CCC(=O)NC8=O)nn(C)c7c6)CC5)[C@H](C)C4)CC2)(c2ccccc2)O3)c1F. The van der Waals surface area contributed by atoms with Gasteiger partial charge in [-0.15, -0.1) is 0 Å². The van der Waals surface area contributed by atoms with Gasteiger partial charge in [-0.3, -0.25) is 29.3 Å². The zero-order valence-corrected chi connectivity index (χ0v) is 44.3. The first kappa shape index (κ1) is 52.9. The van der Waals surface area contributed by atoms with Crippen LogP contribution in [0.15, 0.2) is 79.0 Å². The average Bonchev–Trinajstić information content (AvgIpc) is 3.99. The van der Waals surface area contributed by atoms with Gasteiger partial charge < -0.3 is 35.1 Å². The number of amides is 5. The van der Waals surface area contributed by atoms with Crippen molar-refractivity contribution in [1.82, 2.24) is 30.2 Å². The lowest BCUT2D eigenvalue weighted by Crippen LogP contribution is -2.49. The number of anilines is 1. The van der Waals surface area contributed by atoms with Crippen LogP contribution in [-0.4, -0.2) is 109 Å². The molecule has 76 heavy (non-hydrogen) atoms. The van der Waals surface area contributed by atoms with Gasteiger partial charge in [0.05, 0.1) is 22.7 Å². The summed E-state index contributed by atoms with van der Waals surface area (Å²) in [5, 5.41) is 11.2. The molecule has 402 valence electrons. The van der Waals surface area contributed by atoms with E-state index in [1.807, 2.05) is 61.3 Å². The number of carbonyl (C=O) groups excluding carboxylic acids is 4. The summed E-state index contributed by atoms with van der Waals surface area (Å²) in [6.07, 6.45) is 10.3. The zero-order chi connectivity index (χ0) is 53.4. The van der Waals surface area contributed by atoms with Crippen LogP contribution in [-0.2, 0) is 27.0 Å². The van der Waals surface area contributed by atoms with E-state index < -0.39 is 35.1 Å². The molecule has 5 aromatic rings. The zero-order valence-electron chi connectivity index (χ0n) is 43.6. The summed E-state index contributed by atoms with van der Waals surface area (Å²) in [4.78, 5) is 57.5. The summed E-state index contributed by atoms with van der Waals surface area (Å²) in [5.74, 6) is -1.42. The second-order valence-corrected chi connectivity index (χ2v) is 21.7. The molecule has 0 radical (unpaired) electrons. The number of nitrogens with one attached hydrogen (secondary N) is 2. The second kappa shape index (κ2) is 22.2. The summed E-state index contributed by atoms with van der Waals surface area (Å²) >= 11 is 6.75. The fourth-order valence-corrected chi connectivity index (χ4v) is 12.7. The summed E-state index contributed by atoms with van der Waals surface area (Å²) in [6, 6.07) is 19.5. The maximum absolute atomic E-state index is 16.6. The van der Waals surface area contributed by atoms with E-state index in [2.05, 4.69) is 50.7 Å². The summed E-state index contributed by atoms with van der Waals surface area (Å²) in [6.45, 7) is 9.33. The van der Waals surface area contributed by atoms with Crippen LogP contribution in [0.3, 0.4) is 0 Å². The van der Waals surface area contributed by atoms with Crippen molar-refractivity contribution in [3.8, 4) is 22.6 Å². The molecule has 5 amide bonds. The van der Waals surface area contributed by atoms with Crippen LogP contribution in [0.2, 0.25) is 5.02 Å². The van der Waals surface area contributed by atoms with Crippen LogP contribution in [0, 0.1) is 29.4 Å². The van der Waals surface area contributed by atoms with Gasteiger partial charge in [0.1, 0.15) is 18.2 Å². The molecule has 5 heterocycles. The van der Waals surface area contributed by atoms with Gasteiger partial charge in [0.25, 0.3) is 0 Å². The Bertz CT molecular complexity index is 3050. The number of piperidine rings is 2. The largest absolute Gasteiger partial charge is 0.488 e. The van der Waals surface area contributed by atoms with E-state index in [4.69, 9.17) is 31.5 Å². The number of aromatic nitrogens is 2. The topological polar surface area (TPSA) is 174 Å². The molecule has 4 atom stereocenters. The van der Waals surface area contributed by atoms with Gasteiger partial charge in [0.2, 0.25) is 17.7 Å². The lowest BCUT2D eigenvalue weighted by molar-refractivity contribution is -0.139. The minimum atomic E-state index is -1.20. The molecule has 0 bridgehead atoms. The number of benzene rings is 4. The maximum Gasteiger partial charge on any atom is 0.329 e. The van der Waals surface area contributed by atoms with Crippen molar-refractivity contribution < 1.29 is 42.2 Å². The van der Waals surface area contributed by atoms with E-state index in [1.165, 1.54) is 30.9 Å². The number of hydrogen-bond acceptors (Lipinski definition) is 10. The summed E-state index contributed by atoms with van der Waals surface area (Å²) in [5.41, 5.74) is 7.53. The second-order valence-electron chi connectivity index (χ2n) is 21.4. The molecule has 15 nitrogen and oxygen atoms in total. The number of imide groups is 1. The normalized spacial score (nSPS) is 24.4. The molecule has 4 aromatic carbocycles. The number of hydrogen-bond donors (Lipinski definition) is 3. The number of carbonyl (C=O) groups is 4. The van der Waals surface area contributed by atoms with Gasteiger partial charge in [-0.1, -0.05) is 61.8 Å². The Labute approximate surface area is 447 Å². The molecule has 0 spiro atoms. The van der Waals surface area contributed by atoms with Crippen molar-refractivity contribution >= 4 is 52.1 Å². The van der Waals surface area contributed by atoms with Gasteiger partial charge >= 0.3 is 6.03 Å². The monoisotopic (exact) mass is 1060 g/mol. The lowest BCUT2D eigenvalue weighted by atomic mass is 9.77. The van der Waals surface area contributed by atoms with Gasteiger partial charge in [-0.25, -0.2) is 13.6 Å². The van der Waals surface area contributed by atoms with Crippen LogP contribution in [0.5, 0.6) is 11.5 Å². The molecule has 1 saturated carbocycles. The molecular weight excluding hydrogens is 994 g/mol. The highest BCUT2D eigenvalue weighted by molar-refractivity contribution is 6.34. The van der Waals surface area contributed by atoms with Crippen molar-refractivity contribution in [1.29, 1.82) is 0 Å². The number of nitrogens with two attached hydrogens (primary N) is 1. The Morgan fingerprint density at radius 3 is 2.42 bits per heavy atom. The smallest absolute Gasteiger partial charge is 0.329 e. The quantitative estimate of drug-likeness (QED) is 0.0859. The third-order valence-electron chi connectivity index (χ3n) is 16.8. The number of rotatable bonds is 15. The van der Waals surface area contributed by atoms with Crippen molar-refractivity contribution in [2.45, 2.75) is 88.7 Å². The minimum absolute atomic E-state index is 0.0273. The number of methoxy groups -OCH3 is 1. The summed E-state index contributed by atoms with van der Waals surface area (Å²) in [7, 11) is 3.38. The van der Waals surface area contributed by atoms with Crippen LogP contribution in [0.1, 0.15) is 104 Å². The van der Waals surface area contributed by atoms with E-state index in [0.717, 1.165) is 94.1 Å². The fraction of sp³-hybridized carbons (Fsp3) is 0.466. The first-order chi connectivity index (χ1) is 36.6. The Balaban J connectivity index is 0.739. The molecule has 10 rings (SSSR count). The first-order valence-electron chi connectivity index (χ1n) is 26.7. The molecular formula is C58H67ClF2N8O7. The van der Waals surface area contributed by atoms with Gasteiger partial charge in [0.15, 0.2) is 23.0 Å². The van der Waals surface area contributed by atoms with E-state index in [-0.39, 0.29) is 76.6 Å². The Kier molecular flexibility index (Phi) is 15.4. The van der Waals surface area contributed by atoms with E-state index >= 15 is 8.78 Å².